The third kappa shape index (κ3) is 1.67. The van der Waals surface area contributed by atoms with E-state index >= 15 is 0 Å². The van der Waals surface area contributed by atoms with E-state index in [-0.39, 0.29) is 5.41 Å². The van der Waals surface area contributed by atoms with Gasteiger partial charge in [-0.25, -0.2) is 0 Å². The Morgan fingerprint density at radius 3 is 3.00 bits per heavy atom. The predicted molar refractivity (Wildman–Crippen MR) is 55.7 cm³/mol. The molecule has 1 saturated carbocycles. The highest BCUT2D eigenvalue weighted by atomic mass is 16.5. The van der Waals surface area contributed by atoms with Crippen LogP contribution < -0.4 is 5.32 Å². The zero-order valence-electron chi connectivity index (χ0n) is 9.12. The molecule has 1 N–H and O–H groups in total. The van der Waals surface area contributed by atoms with Crippen molar-refractivity contribution in [1.82, 2.24) is 15.5 Å². The average Bonchev–Trinajstić information content (AvgIpc) is 2.97. The molecule has 2 aliphatic rings. The fourth-order valence-electron chi connectivity index (χ4n) is 2.23. The fraction of sp³-hybridized carbons (Fsp3) is 0.818. The summed E-state index contributed by atoms with van der Waals surface area (Å²) in [7, 11) is 0. The maximum Gasteiger partial charge on any atom is 0.233 e. The normalized spacial score (nSPS) is 31.8. The molecule has 0 aromatic carbocycles. The number of hydrogen-bond acceptors (Lipinski definition) is 4. The van der Waals surface area contributed by atoms with Crippen LogP contribution in [0.3, 0.4) is 0 Å². The largest absolute Gasteiger partial charge is 0.339 e. The highest BCUT2D eigenvalue weighted by Crippen LogP contribution is 2.39. The van der Waals surface area contributed by atoms with Gasteiger partial charge in [-0.15, -0.1) is 0 Å². The van der Waals surface area contributed by atoms with Crippen molar-refractivity contribution in [3.05, 3.63) is 11.7 Å². The summed E-state index contributed by atoms with van der Waals surface area (Å²) >= 11 is 0. The number of nitrogens with one attached hydrogen (secondary N) is 1. The number of rotatable bonds is 2. The fourth-order valence-corrected chi connectivity index (χ4v) is 2.23. The van der Waals surface area contributed by atoms with Crippen molar-refractivity contribution >= 4 is 0 Å². The molecule has 0 unspecified atom stereocenters. The second-order valence-corrected chi connectivity index (χ2v) is 5.07. The number of piperidine rings is 1. The highest BCUT2D eigenvalue weighted by Gasteiger charge is 2.36. The summed E-state index contributed by atoms with van der Waals surface area (Å²) in [6.07, 6.45) is 4.80. The van der Waals surface area contributed by atoms with Gasteiger partial charge in [-0.3, -0.25) is 0 Å². The van der Waals surface area contributed by atoms with E-state index in [1.54, 1.807) is 0 Å². The smallest absolute Gasteiger partial charge is 0.233 e. The number of hydrogen-bond donors (Lipinski definition) is 1. The molecule has 2 heterocycles. The summed E-state index contributed by atoms with van der Waals surface area (Å²) in [6, 6.07) is 0. The lowest BCUT2D eigenvalue weighted by Crippen LogP contribution is -2.41. The van der Waals surface area contributed by atoms with Crippen LogP contribution in [0.5, 0.6) is 0 Å². The van der Waals surface area contributed by atoms with Gasteiger partial charge in [0.1, 0.15) is 0 Å². The topological polar surface area (TPSA) is 51.0 Å². The highest BCUT2D eigenvalue weighted by molar-refractivity contribution is 5.10. The van der Waals surface area contributed by atoms with Crippen LogP contribution in [0.4, 0.5) is 0 Å². The van der Waals surface area contributed by atoms with Gasteiger partial charge in [0.2, 0.25) is 5.89 Å². The van der Waals surface area contributed by atoms with Crippen molar-refractivity contribution in [3.63, 3.8) is 0 Å². The zero-order valence-corrected chi connectivity index (χ0v) is 9.12. The first-order valence-corrected chi connectivity index (χ1v) is 5.83. The lowest BCUT2D eigenvalue weighted by Gasteiger charge is -2.30. The first-order chi connectivity index (χ1) is 7.28. The van der Waals surface area contributed by atoms with Crippen LogP contribution in [0.15, 0.2) is 4.52 Å². The van der Waals surface area contributed by atoms with Crippen LogP contribution >= 0.6 is 0 Å². The minimum absolute atomic E-state index is 0.0540. The molecule has 2 fully saturated rings. The molecule has 1 saturated heterocycles. The molecule has 1 atom stereocenters. The van der Waals surface area contributed by atoms with Gasteiger partial charge >= 0.3 is 0 Å². The lowest BCUT2D eigenvalue weighted by molar-refractivity contribution is 0.244. The van der Waals surface area contributed by atoms with Crippen molar-refractivity contribution in [2.75, 3.05) is 13.1 Å². The van der Waals surface area contributed by atoms with E-state index in [1.165, 1.54) is 19.3 Å². The van der Waals surface area contributed by atoms with Gasteiger partial charge in [-0.1, -0.05) is 5.16 Å². The van der Waals surface area contributed by atoms with E-state index in [1.807, 2.05) is 0 Å². The van der Waals surface area contributed by atoms with Gasteiger partial charge in [0.25, 0.3) is 0 Å². The Hall–Kier alpha value is -0.900. The second kappa shape index (κ2) is 3.30. The van der Waals surface area contributed by atoms with Gasteiger partial charge in [0, 0.05) is 12.5 Å². The first kappa shape index (κ1) is 9.33. The minimum Gasteiger partial charge on any atom is -0.339 e. The van der Waals surface area contributed by atoms with Crippen LogP contribution in [0.25, 0.3) is 0 Å². The SMILES string of the molecule is C[C@@]1(c2nc(C3CC3)no2)CCCNC1. The van der Waals surface area contributed by atoms with E-state index in [0.717, 1.165) is 31.2 Å². The van der Waals surface area contributed by atoms with Gasteiger partial charge in [-0.2, -0.15) is 4.98 Å². The molecular formula is C11H17N3O. The molecule has 1 aromatic heterocycles. The minimum atomic E-state index is 0.0540. The summed E-state index contributed by atoms with van der Waals surface area (Å²) in [6.45, 7) is 4.28. The van der Waals surface area contributed by atoms with E-state index in [4.69, 9.17) is 4.52 Å². The molecule has 0 radical (unpaired) electrons. The van der Waals surface area contributed by atoms with Crippen LogP contribution in [-0.2, 0) is 5.41 Å². The molecule has 4 nitrogen and oxygen atoms in total. The summed E-state index contributed by atoms with van der Waals surface area (Å²) < 4.78 is 5.41. The quantitative estimate of drug-likeness (QED) is 0.800. The molecule has 0 bridgehead atoms. The molecular weight excluding hydrogens is 190 g/mol. The van der Waals surface area contributed by atoms with Crippen molar-refractivity contribution in [3.8, 4) is 0 Å². The summed E-state index contributed by atoms with van der Waals surface area (Å²) in [5, 5.41) is 7.48. The Labute approximate surface area is 89.4 Å². The van der Waals surface area contributed by atoms with Gasteiger partial charge in [0.05, 0.1) is 5.41 Å². The summed E-state index contributed by atoms with van der Waals surface area (Å²) in [4.78, 5) is 4.55. The van der Waals surface area contributed by atoms with E-state index in [0.29, 0.717) is 5.92 Å². The maximum atomic E-state index is 5.41. The van der Waals surface area contributed by atoms with Crippen molar-refractivity contribution in [1.29, 1.82) is 0 Å². The maximum absolute atomic E-state index is 5.41. The molecule has 1 aliphatic carbocycles. The van der Waals surface area contributed by atoms with Gasteiger partial charge in [0.15, 0.2) is 5.82 Å². The standard InChI is InChI=1S/C11H17N3O/c1-11(5-2-6-12-7-11)10-13-9(14-15-10)8-3-4-8/h8,12H,2-7H2,1H3/t11-/m1/s1. The summed E-state index contributed by atoms with van der Waals surface area (Å²) in [5.41, 5.74) is 0.0540. The Balaban J connectivity index is 1.83. The van der Waals surface area contributed by atoms with E-state index in [9.17, 15) is 0 Å². The zero-order chi connectivity index (χ0) is 10.3. The molecule has 1 aromatic rings. The van der Waals surface area contributed by atoms with Crippen molar-refractivity contribution < 1.29 is 4.52 Å². The Morgan fingerprint density at radius 1 is 1.47 bits per heavy atom. The number of aromatic nitrogens is 2. The van der Waals surface area contributed by atoms with Crippen LogP contribution in [0.2, 0.25) is 0 Å². The average molecular weight is 207 g/mol. The lowest BCUT2D eigenvalue weighted by atomic mass is 9.83. The molecule has 3 rings (SSSR count). The van der Waals surface area contributed by atoms with Crippen LogP contribution in [0, 0.1) is 0 Å². The third-order valence-corrected chi connectivity index (χ3v) is 3.50. The Bertz CT molecular complexity index is 350. The van der Waals surface area contributed by atoms with E-state index in [2.05, 4.69) is 22.4 Å². The van der Waals surface area contributed by atoms with E-state index < -0.39 is 0 Å². The first-order valence-electron chi connectivity index (χ1n) is 5.83. The molecule has 82 valence electrons. The van der Waals surface area contributed by atoms with Crippen molar-refractivity contribution in [2.45, 2.75) is 43.9 Å². The third-order valence-electron chi connectivity index (χ3n) is 3.50. The monoisotopic (exact) mass is 207 g/mol. The molecule has 15 heavy (non-hydrogen) atoms. The Morgan fingerprint density at radius 2 is 2.33 bits per heavy atom. The molecule has 1 aliphatic heterocycles. The Kier molecular flexibility index (Phi) is 2.06. The molecule has 0 amide bonds. The molecule has 0 spiro atoms. The predicted octanol–water partition coefficient (Wildman–Crippen LogP) is 1.59. The van der Waals surface area contributed by atoms with Crippen molar-refractivity contribution in [2.24, 2.45) is 0 Å². The number of nitrogens with zero attached hydrogens (tertiary/aromatic N) is 2. The van der Waals surface area contributed by atoms with Gasteiger partial charge < -0.3 is 9.84 Å². The second-order valence-electron chi connectivity index (χ2n) is 5.07. The molecule has 4 heteroatoms. The summed E-state index contributed by atoms with van der Waals surface area (Å²) in [5.74, 6) is 2.34. The van der Waals surface area contributed by atoms with Crippen LogP contribution in [-0.4, -0.2) is 23.2 Å². The van der Waals surface area contributed by atoms with Gasteiger partial charge in [-0.05, 0) is 39.2 Å². The van der Waals surface area contributed by atoms with Crippen LogP contribution in [0.1, 0.15) is 50.2 Å².